The van der Waals surface area contributed by atoms with Crippen molar-refractivity contribution in [1.29, 1.82) is 0 Å². The van der Waals surface area contributed by atoms with Crippen molar-refractivity contribution in [1.82, 2.24) is 10.2 Å². The Morgan fingerprint density at radius 3 is 2.55 bits per heavy atom. The summed E-state index contributed by atoms with van der Waals surface area (Å²) in [4.78, 5) is 14.1. The average Bonchev–Trinajstić information content (AvgIpc) is 2.53. The predicted octanol–water partition coefficient (Wildman–Crippen LogP) is 1.63. The molecular weight excluding hydrogens is 252 g/mol. The lowest BCUT2D eigenvalue weighted by Crippen LogP contribution is -2.49. The normalized spacial score (nSPS) is 18.6. The molecule has 1 amide bonds. The number of nitrogens with one attached hydrogen (secondary N) is 1. The van der Waals surface area contributed by atoms with Crippen LogP contribution >= 0.6 is 0 Å². The van der Waals surface area contributed by atoms with Crippen LogP contribution in [0.5, 0.6) is 0 Å². The van der Waals surface area contributed by atoms with Gasteiger partial charge in [-0.25, -0.2) is 0 Å². The van der Waals surface area contributed by atoms with Crippen LogP contribution < -0.4 is 5.32 Å². The zero-order valence-electron chi connectivity index (χ0n) is 12.3. The van der Waals surface area contributed by atoms with Crippen molar-refractivity contribution in [2.75, 3.05) is 32.8 Å². The number of hydrogen-bond donors (Lipinski definition) is 1. The minimum atomic E-state index is -0.140. The largest absolute Gasteiger partial charge is 0.378 e. The van der Waals surface area contributed by atoms with Crippen molar-refractivity contribution in [3.8, 4) is 0 Å². The van der Waals surface area contributed by atoms with Gasteiger partial charge in [-0.3, -0.25) is 4.79 Å². The first-order chi connectivity index (χ1) is 9.68. The van der Waals surface area contributed by atoms with Gasteiger partial charge in [0.05, 0.1) is 19.3 Å². The second-order valence-electron chi connectivity index (χ2n) is 5.38. The van der Waals surface area contributed by atoms with E-state index in [1.165, 1.54) is 5.56 Å². The number of carbonyl (C=O) groups excluding carboxylic acids is 1. The van der Waals surface area contributed by atoms with E-state index in [9.17, 15) is 4.79 Å². The summed E-state index contributed by atoms with van der Waals surface area (Å²) < 4.78 is 5.27. The highest BCUT2D eigenvalue weighted by molar-refractivity contribution is 5.81. The highest BCUT2D eigenvalue weighted by Gasteiger charge is 2.22. The van der Waals surface area contributed by atoms with E-state index >= 15 is 0 Å². The Morgan fingerprint density at radius 2 is 1.90 bits per heavy atom. The minimum absolute atomic E-state index is 0.140. The minimum Gasteiger partial charge on any atom is -0.378 e. The Balaban J connectivity index is 1.79. The molecule has 1 aromatic carbocycles. The highest BCUT2D eigenvalue weighted by atomic mass is 16.5. The fourth-order valence-corrected chi connectivity index (χ4v) is 2.40. The quantitative estimate of drug-likeness (QED) is 0.888. The first kappa shape index (κ1) is 15.0. The molecule has 2 rings (SSSR count). The summed E-state index contributed by atoms with van der Waals surface area (Å²) >= 11 is 0. The van der Waals surface area contributed by atoms with E-state index in [4.69, 9.17) is 4.74 Å². The number of amides is 1. The van der Waals surface area contributed by atoms with Gasteiger partial charge in [0.1, 0.15) is 0 Å². The van der Waals surface area contributed by atoms with Gasteiger partial charge in [0.2, 0.25) is 5.91 Å². The van der Waals surface area contributed by atoms with Crippen molar-refractivity contribution in [2.45, 2.75) is 25.8 Å². The van der Waals surface area contributed by atoms with Gasteiger partial charge in [-0.15, -0.1) is 0 Å². The Labute approximate surface area is 121 Å². The first-order valence-corrected chi connectivity index (χ1v) is 7.33. The molecular formula is C16H24N2O2. The van der Waals surface area contributed by atoms with Crippen LogP contribution in [0.2, 0.25) is 0 Å². The third-order valence-electron chi connectivity index (χ3n) is 3.79. The summed E-state index contributed by atoms with van der Waals surface area (Å²) in [5.41, 5.74) is 1.30. The SMILES string of the molecule is CC(NCC(C)c1ccccc1)C(=O)N1CCOCC1. The lowest BCUT2D eigenvalue weighted by Gasteiger charge is -2.30. The molecule has 1 aromatic rings. The maximum absolute atomic E-state index is 12.3. The maximum Gasteiger partial charge on any atom is 0.239 e. The molecule has 0 spiro atoms. The van der Waals surface area contributed by atoms with Crippen LogP contribution in [0, 0.1) is 0 Å². The Kier molecular flexibility index (Phi) is 5.56. The monoisotopic (exact) mass is 276 g/mol. The van der Waals surface area contributed by atoms with Crippen molar-refractivity contribution < 1.29 is 9.53 Å². The van der Waals surface area contributed by atoms with E-state index in [0.717, 1.165) is 6.54 Å². The number of morpholine rings is 1. The Bertz CT molecular complexity index is 416. The van der Waals surface area contributed by atoms with Gasteiger partial charge < -0.3 is 15.0 Å². The predicted molar refractivity (Wildman–Crippen MR) is 79.7 cm³/mol. The molecule has 1 heterocycles. The van der Waals surface area contributed by atoms with Crippen LogP contribution in [0.4, 0.5) is 0 Å². The summed E-state index contributed by atoms with van der Waals surface area (Å²) in [6.45, 7) is 7.64. The van der Waals surface area contributed by atoms with E-state index in [0.29, 0.717) is 32.2 Å². The summed E-state index contributed by atoms with van der Waals surface area (Å²) in [5, 5.41) is 3.35. The van der Waals surface area contributed by atoms with E-state index in [-0.39, 0.29) is 11.9 Å². The zero-order chi connectivity index (χ0) is 14.4. The topological polar surface area (TPSA) is 41.6 Å². The van der Waals surface area contributed by atoms with Gasteiger partial charge in [-0.1, -0.05) is 37.3 Å². The van der Waals surface area contributed by atoms with Crippen LogP contribution in [0.25, 0.3) is 0 Å². The Morgan fingerprint density at radius 1 is 1.25 bits per heavy atom. The maximum atomic E-state index is 12.3. The van der Waals surface area contributed by atoms with Crippen molar-refractivity contribution in [3.63, 3.8) is 0 Å². The molecule has 0 aliphatic carbocycles. The van der Waals surface area contributed by atoms with Crippen molar-refractivity contribution in [2.24, 2.45) is 0 Å². The molecule has 0 aromatic heterocycles. The molecule has 1 aliphatic rings. The van der Waals surface area contributed by atoms with Crippen LogP contribution in [-0.2, 0) is 9.53 Å². The van der Waals surface area contributed by atoms with Crippen molar-refractivity contribution >= 4 is 5.91 Å². The smallest absolute Gasteiger partial charge is 0.239 e. The summed E-state index contributed by atoms with van der Waals surface area (Å²) in [6, 6.07) is 10.2. The molecule has 1 N–H and O–H groups in total. The molecule has 4 heteroatoms. The van der Waals surface area contributed by atoms with Gasteiger partial charge in [0.15, 0.2) is 0 Å². The van der Waals surface area contributed by atoms with Gasteiger partial charge in [-0.2, -0.15) is 0 Å². The molecule has 4 nitrogen and oxygen atoms in total. The zero-order valence-corrected chi connectivity index (χ0v) is 12.3. The third-order valence-corrected chi connectivity index (χ3v) is 3.79. The number of nitrogens with zero attached hydrogens (tertiary/aromatic N) is 1. The van der Waals surface area contributed by atoms with E-state index in [2.05, 4.69) is 24.4 Å². The second kappa shape index (κ2) is 7.41. The molecule has 1 saturated heterocycles. The molecule has 110 valence electrons. The number of benzene rings is 1. The second-order valence-corrected chi connectivity index (χ2v) is 5.38. The summed E-state index contributed by atoms with van der Waals surface area (Å²) in [7, 11) is 0. The molecule has 1 fully saturated rings. The summed E-state index contributed by atoms with van der Waals surface area (Å²) in [5.74, 6) is 0.574. The van der Waals surface area contributed by atoms with Gasteiger partial charge >= 0.3 is 0 Å². The number of ether oxygens (including phenoxy) is 1. The lowest BCUT2D eigenvalue weighted by molar-refractivity contribution is -0.137. The molecule has 2 atom stereocenters. The van der Waals surface area contributed by atoms with Crippen molar-refractivity contribution in [3.05, 3.63) is 35.9 Å². The third kappa shape index (κ3) is 4.05. The van der Waals surface area contributed by atoms with E-state index in [1.807, 2.05) is 30.0 Å². The molecule has 20 heavy (non-hydrogen) atoms. The molecule has 2 unspecified atom stereocenters. The molecule has 0 radical (unpaired) electrons. The fraction of sp³-hybridized carbons (Fsp3) is 0.562. The van der Waals surface area contributed by atoms with Gasteiger partial charge in [0, 0.05) is 19.6 Å². The van der Waals surface area contributed by atoms with Gasteiger partial charge in [0.25, 0.3) is 0 Å². The highest BCUT2D eigenvalue weighted by Crippen LogP contribution is 2.13. The van der Waals surface area contributed by atoms with Crippen LogP contribution in [0.15, 0.2) is 30.3 Å². The van der Waals surface area contributed by atoms with Gasteiger partial charge in [-0.05, 0) is 18.4 Å². The number of rotatable bonds is 5. The number of carbonyl (C=O) groups is 1. The summed E-state index contributed by atoms with van der Waals surface area (Å²) in [6.07, 6.45) is 0. The molecule has 0 saturated carbocycles. The van der Waals surface area contributed by atoms with Crippen LogP contribution in [-0.4, -0.2) is 49.7 Å². The lowest BCUT2D eigenvalue weighted by atomic mass is 10.0. The van der Waals surface area contributed by atoms with E-state index in [1.54, 1.807) is 0 Å². The fourth-order valence-electron chi connectivity index (χ4n) is 2.40. The van der Waals surface area contributed by atoms with E-state index < -0.39 is 0 Å². The molecule has 0 bridgehead atoms. The van der Waals surface area contributed by atoms with Crippen LogP contribution in [0.3, 0.4) is 0 Å². The Hall–Kier alpha value is -1.39. The standard InChI is InChI=1S/C16H24N2O2/c1-13(15-6-4-3-5-7-15)12-17-14(2)16(19)18-8-10-20-11-9-18/h3-7,13-14,17H,8-12H2,1-2H3. The first-order valence-electron chi connectivity index (χ1n) is 7.33. The number of hydrogen-bond acceptors (Lipinski definition) is 3. The average molecular weight is 276 g/mol. The molecule has 1 aliphatic heterocycles. The van der Waals surface area contributed by atoms with Crippen LogP contribution in [0.1, 0.15) is 25.3 Å².